The van der Waals surface area contributed by atoms with Crippen molar-refractivity contribution in [3.63, 3.8) is 0 Å². The number of likely N-dealkylation sites (tertiary alicyclic amines) is 1. The Morgan fingerprint density at radius 2 is 1.71 bits per heavy atom. The van der Waals surface area contributed by atoms with Crippen LogP contribution in [0.4, 0.5) is 4.79 Å². The quantitative estimate of drug-likeness (QED) is 0.791. The number of amides is 4. The van der Waals surface area contributed by atoms with Crippen molar-refractivity contribution in [3.05, 3.63) is 35.4 Å². The monoisotopic (exact) mass is 327 g/mol. The molecule has 24 heavy (non-hydrogen) atoms. The van der Waals surface area contributed by atoms with Gasteiger partial charge in [-0.15, -0.1) is 0 Å². The first kappa shape index (κ1) is 15.2. The molecule has 0 aliphatic carbocycles. The molecule has 2 atom stereocenters. The summed E-state index contributed by atoms with van der Waals surface area (Å²) in [5.41, 5.74) is 2.24. The second kappa shape index (κ2) is 5.61. The molecule has 0 aromatic heterocycles. The Kier molecular flexibility index (Phi) is 3.55. The van der Waals surface area contributed by atoms with Crippen molar-refractivity contribution < 1.29 is 14.4 Å². The van der Waals surface area contributed by atoms with Gasteiger partial charge in [0.25, 0.3) is 5.91 Å². The zero-order valence-electron chi connectivity index (χ0n) is 13.8. The van der Waals surface area contributed by atoms with Gasteiger partial charge in [-0.05, 0) is 31.7 Å². The van der Waals surface area contributed by atoms with Gasteiger partial charge >= 0.3 is 6.03 Å². The lowest BCUT2D eigenvalue weighted by Gasteiger charge is -2.22. The van der Waals surface area contributed by atoms with Crippen molar-refractivity contribution >= 4 is 17.8 Å². The smallest absolute Gasteiger partial charge is 0.328 e. The van der Waals surface area contributed by atoms with Gasteiger partial charge in [-0.3, -0.25) is 9.59 Å². The van der Waals surface area contributed by atoms with E-state index < -0.39 is 6.04 Å². The second-order valence-electron chi connectivity index (χ2n) is 6.89. The van der Waals surface area contributed by atoms with Crippen LogP contribution in [0, 0.1) is 6.92 Å². The van der Waals surface area contributed by atoms with Crippen LogP contribution in [-0.4, -0.2) is 57.7 Å². The van der Waals surface area contributed by atoms with E-state index in [1.807, 2.05) is 31.2 Å². The fraction of sp³-hybridized carbons (Fsp3) is 0.500. The molecule has 0 N–H and O–H groups in total. The summed E-state index contributed by atoms with van der Waals surface area (Å²) in [6.45, 7) is 3.76. The molecule has 3 fully saturated rings. The van der Waals surface area contributed by atoms with E-state index in [0.717, 1.165) is 18.4 Å². The molecule has 4 amide bonds. The first-order valence-corrected chi connectivity index (χ1v) is 8.54. The molecule has 0 spiro atoms. The maximum Gasteiger partial charge on any atom is 0.328 e. The number of nitrogens with zero attached hydrogens (tertiary/aromatic N) is 3. The Hall–Kier alpha value is -2.37. The third kappa shape index (κ3) is 2.28. The van der Waals surface area contributed by atoms with Crippen molar-refractivity contribution in [1.82, 2.24) is 14.7 Å². The van der Waals surface area contributed by atoms with Crippen LogP contribution >= 0.6 is 0 Å². The summed E-state index contributed by atoms with van der Waals surface area (Å²) in [4.78, 5) is 42.3. The molecule has 3 heterocycles. The van der Waals surface area contributed by atoms with E-state index in [2.05, 4.69) is 0 Å². The largest absolute Gasteiger partial charge is 0.336 e. The highest BCUT2D eigenvalue weighted by Gasteiger charge is 2.53. The molecule has 6 nitrogen and oxygen atoms in total. The number of urea groups is 1. The van der Waals surface area contributed by atoms with Crippen LogP contribution < -0.4 is 0 Å². The molecular formula is C18H21N3O3. The predicted octanol–water partition coefficient (Wildman–Crippen LogP) is 1.52. The fourth-order valence-electron chi connectivity index (χ4n) is 3.97. The molecule has 1 aromatic carbocycles. The van der Waals surface area contributed by atoms with Gasteiger partial charge in [0.2, 0.25) is 5.91 Å². The van der Waals surface area contributed by atoms with Gasteiger partial charge in [0.1, 0.15) is 12.1 Å². The normalized spacial score (nSPS) is 26.7. The highest BCUT2D eigenvalue weighted by molar-refractivity contribution is 6.08. The Balaban J connectivity index is 1.48. The van der Waals surface area contributed by atoms with E-state index in [0.29, 0.717) is 26.1 Å². The minimum atomic E-state index is -0.624. The molecule has 0 radical (unpaired) electrons. The zero-order chi connectivity index (χ0) is 16.8. The molecule has 3 saturated heterocycles. The van der Waals surface area contributed by atoms with Crippen LogP contribution in [0.5, 0.6) is 0 Å². The Bertz CT molecular complexity index is 678. The molecule has 3 aliphatic heterocycles. The van der Waals surface area contributed by atoms with Crippen LogP contribution in [0.15, 0.2) is 24.3 Å². The van der Waals surface area contributed by atoms with Gasteiger partial charge in [0.15, 0.2) is 0 Å². The zero-order valence-corrected chi connectivity index (χ0v) is 13.8. The van der Waals surface area contributed by atoms with E-state index in [1.54, 1.807) is 9.80 Å². The van der Waals surface area contributed by atoms with Crippen LogP contribution in [0.25, 0.3) is 0 Å². The number of imide groups is 1. The maximum absolute atomic E-state index is 12.7. The standard InChI is InChI=1S/C18H21N3O3/c1-12-4-6-13(7-5-12)11-19-10-8-15(16(19)22)21-17(23)14-3-2-9-20(14)18(21)24/h4-7,14-15H,2-3,8-11H2,1H3/t14-,15+/m0/s1. The summed E-state index contributed by atoms with van der Waals surface area (Å²) in [7, 11) is 0. The average molecular weight is 327 g/mol. The summed E-state index contributed by atoms with van der Waals surface area (Å²) in [6, 6.07) is 6.83. The number of hydrogen-bond donors (Lipinski definition) is 0. The van der Waals surface area contributed by atoms with Gasteiger partial charge in [0.05, 0.1) is 0 Å². The fourth-order valence-corrected chi connectivity index (χ4v) is 3.97. The number of benzene rings is 1. The molecule has 0 saturated carbocycles. The Morgan fingerprint density at radius 3 is 2.42 bits per heavy atom. The molecule has 0 bridgehead atoms. The van der Waals surface area contributed by atoms with Crippen molar-refractivity contribution in [1.29, 1.82) is 0 Å². The van der Waals surface area contributed by atoms with E-state index in [1.165, 1.54) is 10.5 Å². The highest BCUT2D eigenvalue weighted by atomic mass is 16.2. The summed E-state index contributed by atoms with van der Waals surface area (Å²) in [5.74, 6) is -0.300. The van der Waals surface area contributed by atoms with Crippen LogP contribution in [-0.2, 0) is 16.1 Å². The van der Waals surface area contributed by atoms with E-state index in [4.69, 9.17) is 0 Å². The third-order valence-electron chi connectivity index (χ3n) is 5.30. The number of rotatable bonds is 3. The first-order chi connectivity index (χ1) is 11.6. The first-order valence-electron chi connectivity index (χ1n) is 8.54. The molecule has 1 aromatic rings. The minimum Gasteiger partial charge on any atom is -0.336 e. The van der Waals surface area contributed by atoms with Gasteiger partial charge in [0, 0.05) is 19.6 Å². The molecule has 6 heteroatoms. The van der Waals surface area contributed by atoms with E-state index in [-0.39, 0.29) is 23.9 Å². The molecular weight excluding hydrogens is 306 g/mol. The summed E-state index contributed by atoms with van der Waals surface area (Å²) in [5, 5.41) is 0. The summed E-state index contributed by atoms with van der Waals surface area (Å²) >= 11 is 0. The average Bonchev–Trinajstić information content (AvgIpc) is 3.23. The molecule has 3 aliphatic rings. The van der Waals surface area contributed by atoms with Crippen LogP contribution in [0.2, 0.25) is 0 Å². The Labute approximate surface area is 141 Å². The summed E-state index contributed by atoms with van der Waals surface area (Å²) in [6.07, 6.45) is 2.12. The lowest BCUT2D eigenvalue weighted by atomic mass is 10.1. The van der Waals surface area contributed by atoms with Crippen LogP contribution in [0.1, 0.15) is 30.4 Å². The lowest BCUT2D eigenvalue weighted by Crippen LogP contribution is -2.46. The van der Waals surface area contributed by atoms with Crippen molar-refractivity contribution in [2.45, 2.75) is 44.8 Å². The number of carbonyl (C=O) groups is 3. The number of carbonyl (C=O) groups excluding carboxylic acids is 3. The van der Waals surface area contributed by atoms with Crippen LogP contribution in [0.3, 0.4) is 0 Å². The predicted molar refractivity (Wildman–Crippen MR) is 87.0 cm³/mol. The maximum atomic E-state index is 12.7. The minimum absolute atomic E-state index is 0.113. The number of fused-ring (bicyclic) bond motifs is 1. The van der Waals surface area contributed by atoms with Crippen molar-refractivity contribution in [2.24, 2.45) is 0 Å². The SMILES string of the molecule is Cc1ccc(CN2CC[C@@H](N3C(=O)[C@@H]4CCCN4C3=O)C2=O)cc1. The molecule has 0 unspecified atom stereocenters. The van der Waals surface area contributed by atoms with E-state index in [9.17, 15) is 14.4 Å². The summed E-state index contributed by atoms with van der Waals surface area (Å²) < 4.78 is 0. The van der Waals surface area contributed by atoms with Gasteiger partial charge in [-0.1, -0.05) is 29.8 Å². The highest BCUT2D eigenvalue weighted by Crippen LogP contribution is 2.31. The number of aryl methyl sites for hydroxylation is 1. The topological polar surface area (TPSA) is 60.9 Å². The molecule has 126 valence electrons. The lowest BCUT2D eigenvalue weighted by molar-refractivity contribution is -0.138. The second-order valence-corrected chi connectivity index (χ2v) is 6.89. The molecule has 4 rings (SSSR count). The Morgan fingerprint density at radius 1 is 0.958 bits per heavy atom. The van der Waals surface area contributed by atoms with Crippen molar-refractivity contribution in [3.8, 4) is 0 Å². The third-order valence-corrected chi connectivity index (χ3v) is 5.30. The van der Waals surface area contributed by atoms with Gasteiger partial charge < -0.3 is 9.80 Å². The van der Waals surface area contributed by atoms with Gasteiger partial charge in [-0.2, -0.15) is 0 Å². The number of hydrogen-bond acceptors (Lipinski definition) is 3. The van der Waals surface area contributed by atoms with Crippen molar-refractivity contribution in [2.75, 3.05) is 13.1 Å². The van der Waals surface area contributed by atoms with E-state index >= 15 is 0 Å². The van der Waals surface area contributed by atoms with Gasteiger partial charge in [-0.25, -0.2) is 9.69 Å².